The molecule has 1 fully saturated rings. The topological polar surface area (TPSA) is 190 Å². The molecule has 0 bridgehead atoms. The molecule has 0 radical (unpaired) electrons. The van der Waals surface area contributed by atoms with Gasteiger partial charge in [0.25, 0.3) is 5.88 Å². The summed E-state index contributed by atoms with van der Waals surface area (Å²) >= 11 is 0. The van der Waals surface area contributed by atoms with Crippen molar-refractivity contribution in [3.05, 3.63) is 67.0 Å². The number of carbonyl (C=O) groups is 5. The van der Waals surface area contributed by atoms with Crippen LogP contribution < -0.4 is 15.0 Å². The number of fused-ring (bicyclic) bond motifs is 1. The number of rotatable bonds is 13. The van der Waals surface area contributed by atoms with Gasteiger partial charge >= 0.3 is 24.0 Å². The first kappa shape index (κ1) is 40.3. The summed E-state index contributed by atoms with van der Waals surface area (Å²) in [5.74, 6) is -4.76. The molecule has 1 aliphatic rings. The maximum absolute atomic E-state index is 14.1. The van der Waals surface area contributed by atoms with E-state index in [0.29, 0.717) is 11.4 Å². The van der Waals surface area contributed by atoms with Gasteiger partial charge in [-0.15, -0.1) is 0 Å². The molecule has 2 aromatic carbocycles. The standard InChI is InChI=1S/C39H46N6O10/c1-21(2)32(46)42-38-41-31-28(33(43-38)55-39(50)45(25-15-11-9-12-16-25)26-17-13-10-14-18-26)40-20-44(31)34-30(54-37(49)24(7)8)29(53-36(48)23(5)6)27(52-34)19-51-35(47)22(3)4/h9-18,20-24,27,29-30,34H,19H2,1-8H3,(H,41,42,43,46)/t27-,29-,30-,34-/m1/s1. The maximum Gasteiger partial charge on any atom is 0.425 e. The molecule has 16 heteroatoms. The second-order valence-electron chi connectivity index (χ2n) is 14.2. The molecule has 1 saturated heterocycles. The third-order valence-electron chi connectivity index (χ3n) is 8.41. The molecule has 2 aromatic heterocycles. The van der Waals surface area contributed by atoms with E-state index in [1.165, 1.54) is 15.8 Å². The number of anilines is 3. The van der Waals surface area contributed by atoms with E-state index in [1.54, 1.807) is 104 Å². The Morgan fingerprint density at radius 3 is 1.82 bits per heavy atom. The average Bonchev–Trinajstić information content (AvgIpc) is 3.72. The quantitative estimate of drug-likeness (QED) is 0.124. The Hall–Kier alpha value is -5.90. The molecule has 292 valence electrons. The summed E-state index contributed by atoms with van der Waals surface area (Å²) in [7, 11) is 0. The predicted octanol–water partition coefficient (Wildman–Crippen LogP) is 5.99. The third-order valence-corrected chi connectivity index (χ3v) is 8.41. The Morgan fingerprint density at radius 2 is 1.29 bits per heavy atom. The predicted molar refractivity (Wildman–Crippen MR) is 199 cm³/mol. The summed E-state index contributed by atoms with van der Waals surface area (Å²) in [6.07, 6.45) is -4.42. The van der Waals surface area contributed by atoms with Crippen molar-refractivity contribution in [2.75, 3.05) is 16.8 Å². The fourth-order valence-electron chi connectivity index (χ4n) is 5.31. The highest BCUT2D eigenvalue weighted by Crippen LogP contribution is 2.38. The molecule has 2 amide bonds. The van der Waals surface area contributed by atoms with Crippen molar-refractivity contribution in [2.24, 2.45) is 23.7 Å². The molecule has 55 heavy (non-hydrogen) atoms. The van der Waals surface area contributed by atoms with Crippen LogP contribution in [0.4, 0.5) is 22.1 Å². The fourth-order valence-corrected chi connectivity index (χ4v) is 5.31. The van der Waals surface area contributed by atoms with Gasteiger partial charge in [0.15, 0.2) is 29.6 Å². The van der Waals surface area contributed by atoms with Crippen LogP contribution in [0.3, 0.4) is 0 Å². The highest BCUT2D eigenvalue weighted by Gasteiger charge is 2.52. The number of carbonyl (C=O) groups excluding carboxylic acids is 5. The van der Waals surface area contributed by atoms with Crippen molar-refractivity contribution in [3.63, 3.8) is 0 Å². The highest BCUT2D eigenvalue weighted by molar-refractivity contribution is 5.98. The molecule has 3 heterocycles. The largest absolute Gasteiger partial charge is 0.463 e. The van der Waals surface area contributed by atoms with Gasteiger partial charge in [-0.1, -0.05) is 91.8 Å². The Bertz CT molecular complexity index is 1960. The normalized spacial score (nSPS) is 18.1. The lowest BCUT2D eigenvalue weighted by Crippen LogP contribution is -2.42. The second-order valence-corrected chi connectivity index (χ2v) is 14.2. The Morgan fingerprint density at radius 1 is 0.745 bits per heavy atom. The van der Waals surface area contributed by atoms with Gasteiger partial charge < -0.3 is 23.7 Å². The number of imidazole rings is 1. The maximum atomic E-state index is 14.1. The first-order valence-corrected chi connectivity index (χ1v) is 18.1. The van der Waals surface area contributed by atoms with Crippen molar-refractivity contribution in [2.45, 2.75) is 79.9 Å². The van der Waals surface area contributed by atoms with Crippen LogP contribution in [-0.2, 0) is 38.1 Å². The van der Waals surface area contributed by atoms with Gasteiger partial charge in [0.05, 0.1) is 35.5 Å². The number of hydrogen-bond acceptors (Lipinski definition) is 13. The zero-order valence-corrected chi connectivity index (χ0v) is 32.0. The van der Waals surface area contributed by atoms with Crippen LogP contribution in [0.15, 0.2) is 67.0 Å². The first-order valence-electron chi connectivity index (χ1n) is 18.1. The lowest BCUT2D eigenvalue weighted by Gasteiger charge is -2.26. The molecule has 0 unspecified atom stereocenters. The van der Waals surface area contributed by atoms with Gasteiger partial charge in [-0.2, -0.15) is 9.97 Å². The number of benzene rings is 2. The Labute approximate surface area is 318 Å². The minimum atomic E-state index is -1.29. The van der Waals surface area contributed by atoms with Gasteiger partial charge in [0, 0.05) is 5.92 Å². The molecular weight excluding hydrogens is 712 g/mol. The molecule has 4 atom stereocenters. The number of hydrogen-bond donors (Lipinski definition) is 1. The second kappa shape index (κ2) is 17.5. The zero-order valence-electron chi connectivity index (χ0n) is 32.0. The summed E-state index contributed by atoms with van der Waals surface area (Å²) in [6.45, 7) is 12.9. The Balaban J connectivity index is 1.62. The molecule has 1 N–H and O–H groups in total. The lowest BCUT2D eigenvalue weighted by molar-refractivity contribution is -0.173. The van der Waals surface area contributed by atoms with Crippen molar-refractivity contribution in [1.29, 1.82) is 0 Å². The summed E-state index contributed by atoms with van der Waals surface area (Å²) in [6, 6.07) is 17.7. The minimum Gasteiger partial charge on any atom is -0.463 e. The van der Waals surface area contributed by atoms with Gasteiger partial charge in [0.1, 0.15) is 12.7 Å². The molecule has 16 nitrogen and oxygen atoms in total. The smallest absolute Gasteiger partial charge is 0.425 e. The number of ether oxygens (including phenoxy) is 5. The van der Waals surface area contributed by atoms with Crippen molar-refractivity contribution in [1.82, 2.24) is 19.5 Å². The summed E-state index contributed by atoms with van der Waals surface area (Å²) < 4.78 is 31.1. The van der Waals surface area contributed by atoms with Crippen molar-refractivity contribution < 1.29 is 47.7 Å². The minimum absolute atomic E-state index is 0.00665. The summed E-state index contributed by atoms with van der Waals surface area (Å²) in [5.41, 5.74) is 0.999. The molecule has 0 aliphatic carbocycles. The molecule has 0 saturated carbocycles. The molecule has 5 rings (SSSR count). The van der Waals surface area contributed by atoms with E-state index in [1.807, 2.05) is 12.1 Å². The molecule has 4 aromatic rings. The van der Waals surface area contributed by atoms with Crippen LogP contribution in [0.25, 0.3) is 11.2 Å². The van der Waals surface area contributed by atoms with Crippen LogP contribution in [-0.4, -0.2) is 74.3 Å². The fraction of sp³-hybridized carbons (Fsp3) is 0.436. The van der Waals surface area contributed by atoms with Crippen molar-refractivity contribution >= 4 is 58.4 Å². The van der Waals surface area contributed by atoms with Crippen molar-refractivity contribution in [3.8, 4) is 5.88 Å². The number of amides is 2. The lowest BCUT2D eigenvalue weighted by atomic mass is 10.1. The van der Waals surface area contributed by atoms with E-state index in [0.717, 1.165) is 0 Å². The third kappa shape index (κ3) is 9.43. The van der Waals surface area contributed by atoms with E-state index < -0.39 is 78.1 Å². The van der Waals surface area contributed by atoms with E-state index in [2.05, 4.69) is 20.3 Å². The molecule has 1 aliphatic heterocycles. The van der Waals surface area contributed by atoms with Crippen LogP contribution in [0, 0.1) is 23.7 Å². The van der Waals surface area contributed by atoms with Gasteiger partial charge in [0.2, 0.25) is 11.9 Å². The number of para-hydroxylation sites is 2. The summed E-state index contributed by atoms with van der Waals surface area (Å²) in [4.78, 5) is 80.4. The Kier molecular flexibility index (Phi) is 12.8. The number of esters is 3. The first-order chi connectivity index (χ1) is 26.2. The van der Waals surface area contributed by atoms with Gasteiger partial charge in [-0.05, 0) is 24.3 Å². The van der Waals surface area contributed by atoms with Gasteiger partial charge in [-0.25, -0.2) is 14.7 Å². The van der Waals surface area contributed by atoms with Crippen LogP contribution in [0.5, 0.6) is 5.88 Å². The number of nitrogens with one attached hydrogen (secondary N) is 1. The van der Waals surface area contributed by atoms with E-state index in [9.17, 15) is 24.0 Å². The van der Waals surface area contributed by atoms with E-state index in [-0.39, 0.29) is 29.6 Å². The van der Waals surface area contributed by atoms with Gasteiger partial charge in [-0.3, -0.25) is 29.1 Å². The average molecular weight is 759 g/mol. The zero-order chi connectivity index (χ0) is 40.0. The van der Waals surface area contributed by atoms with E-state index in [4.69, 9.17) is 23.7 Å². The monoisotopic (exact) mass is 758 g/mol. The number of aromatic nitrogens is 4. The SMILES string of the molecule is CC(C)C(=O)Nc1nc(OC(=O)N(c2ccccc2)c2ccccc2)c2ncn([C@@H]3O[C@H](COC(=O)C(C)C)[C@@H](OC(=O)C(C)C)[C@H]3OC(=O)C(C)C)c2n1. The highest BCUT2D eigenvalue weighted by atomic mass is 16.7. The van der Waals surface area contributed by atoms with Crippen LogP contribution in [0.2, 0.25) is 0 Å². The number of nitrogens with zero attached hydrogens (tertiary/aromatic N) is 5. The van der Waals surface area contributed by atoms with Crippen LogP contribution in [0.1, 0.15) is 61.6 Å². The van der Waals surface area contributed by atoms with E-state index >= 15 is 0 Å². The molecular formula is C39H46N6O10. The van der Waals surface area contributed by atoms with Crippen LogP contribution >= 0.6 is 0 Å². The summed E-state index contributed by atoms with van der Waals surface area (Å²) in [5, 5.41) is 2.64. The molecule has 0 spiro atoms.